The molecule has 0 aromatic carbocycles. The quantitative estimate of drug-likeness (QED) is 0.0784. The molecule has 0 aromatic heterocycles. The topological polar surface area (TPSA) is 327 Å². The number of rotatable bonds is 95. The molecule has 33 nitrogen and oxygen atoms in total. The Bertz CT molecular complexity index is 1420. The normalized spacial score (nSPS) is 12.0. The van der Waals surface area contributed by atoms with Gasteiger partial charge in [-0.1, -0.05) is 6.92 Å². The van der Waals surface area contributed by atoms with E-state index >= 15 is 0 Å². The summed E-state index contributed by atoms with van der Waals surface area (Å²) in [5, 5.41) is 18.9. The molecule has 0 spiro atoms. The van der Waals surface area contributed by atoms with E-state index in [9.17, 15) is 10.2 Å². The molecule has 0 aliphatic rings. The zero-order valence-electron chi connectivity index (χ0n) is 61.3. The van der Waals surface area contributed by atoms with Crippen molar-refractivity contribution in [3.8, 4) is 0 Å². The van der Waals surface area contributed by atoms with Gasteiger partial charge in [-0.2, -0.15) is 0 Å². The first-order valence-electron chi connectivity index (χ1n) is 35.8. The van der Waals surface area contributed by atoms with E-state index in [1.165, 1.54) is 0 Å². The highest BCUT2D eigenvalue weighted by Crippen LogP contribution is 2.20. The maximum Gasteiger partial charge on any atom is 0.0701 e. The Hall–Kier alpha value is -1.32. The van der Waals surface area contributed by atoms with Crippen molar-refractivity contribution < 1.29 is 157 Å². The largest absolute Gasteiger partial charge is 0.396 e. The molecular weight excluding hydrogens is 1330 g/mol. The van der Waals surface area contributed by atoms with E-state index in [1.807, 2.05) is 6.92 Å². The number of hydrogen-bond acceptors (Lipinski definition) is 33. The molecule has 0 rings (SSSR count). The van der Waals surface area contributed by atoms with Crippen LogP contribution in [0.5, 0.6) is 0 Å². The van der Waals surface area contributed by atoms with Crippen molar-refractivity contribution in [2.75, 3.05) is 423 Å². The second-order valence-corrected chi connectivity index (χ2v) is 21.0. The molecule has 100 heavy (non-hydrogen) atoms. The summed E-state index contributed by atoms with van der Waals surface area (Å²) in [5.41, 5.74) is -0.594. The molecule has 0 atom stereocenters. The lowest BCUT2D eigenvalue weighted by molar-refractivity contribution is -0.0500. The zero-order chi connectivity index (χ0) is 71.7. The van der Waals surface area contributed by atoms with Crippen LogP contribution in [0.1, 0.15) is 13.3 Å². The number of hydrogen-bond donors (Lipinski definition) is 2. The minimum absolute atomic E-state index is 0.112. The van der Waals surface area contributed by atoms with Gasteiger partial charge in [0.25, 0.3) is 0 Å². The first-order chi connectivity index (χ1) is 49.7. The second kappa shape index (κ2) is 91.9. The fourth-order valence-electron chi connectivity index (χ4n) is 7.28. The third-order valence-corrected chi connectivity index (χ3v) is 13.0. The molecule has 0 bridgehead atoms. The molecule has 0 aliphatic heterocycles. The number of aliphatic hydroxyl groups is 2. The summed E-state index contributed by atoms with van der Waals surface area (Å²) in [7, 11) is 1.64. The van der Waals surface area contributed by atoms with E-state index in [1.54, 1.807) is 7.11 Å². The minimum Gasteiger partial charge on any atom is -0.396 e. The van der Waals surface area contributed by atoms with Gasteiger partial charge < -0.3 is 157 Å². The number of ether oxygens (including phenoxy) is 31. The van der Waals surface area contributed by atoms with E-state index < -0.39 is 5.41 Å². The average Bonchev–Trinajstić information content (AvgIpc) is 0.977. The third kappa shape index (κ3) is 85.6. The van der Waals surface area contributed by atoms with Gasteiger partial charge in [-0.15, -0.1) is 0 Å². The fraction of sp³-hybridized carbons (Fsp3) is 1.00. The van der Waals surface area contributed by atoms with E-state index in [0.717, 1.165) is 0 Å². The zero-order valence-corrected chi connectivity index (χ0v) is 61.3. The Labute approximate surface area is 597 Å². The third-order valence-electron chi connectivity index (χ3n) is 13.0. The first kappa shape index (κ1) is 98.7. The van der Waals surface area contributed by atoms with Gasteiger partial charge in [-0.05, 0) is 6.42 Å². The maximum atomic E-state index is 9.43. The van der Waals surface area contributed by atoms with E-state index in [-0.39, 0.29) is 13.2 Å². The van der Waals surface area contributed by atoms with Crippen LogP contribution in [0.3, 0.4) is 0 Å². The second-order valence-electron chi connectivity index (χ2n) is 21.0. The summed E-state index contributed by atoms with van der Waals surface area (Å²) in [6.07, 6.45) is 0.638. The maximum absolute atomic E-state index is 9.43. The predicted octanol–water partition coefficient (Wildman–Crippen LogP) is 0.512. The molecule has 602 valence electrons. The average molecular weight is 1470 g/mol. The summed E-state index contributed by atoms with van der Waals surface area (Å²) in [4.78, 5) is 0. The standard InChI is InChI=1S/C67H136O33/c1-3-67(64-68,65-69)66-100-63-62-99-61-60-98-59-58-97-57-56-96-55-54-95-53-52-94-51-50-93-49-48-92-47-46-91-45-44-90-43-42-89-41-40-88-39-38-87-37-36-86-35-34-85-33-32-84-31-30-83-29-28-82-27-26-81-25-24-80-23-22-79-21-20-78-19-18-77-17-16-76-15-14-75-13-12-74-11-10-73-9-8-72-7-6-71-5-4-70-2/h68-69H,3-66H2,1-2H3. The van der Waals surface area contributed by atoms with E-state index in [0.29, 0.717) is 409 Å². The van der Waals surface area contributed by atoms with Crippen molar-refractivity contribution in [3.05, 3.63) is 0 Å². The lowest BCUT2D eigenvalue weighted by atomic mass is 9.88. The number of methoxy groups -OCH3 is 1. The summed E-state index contributed by atoms with van der Waals surface area (Å²) in [6, 6.07) is 0. The van der Waals surface area contributed by atoms with Crippen LogP contribution in [0.25, 0.3) is 0 Å². The molecule has 0 fully saturated rings. The molecular formula is C67H136O33. The molecule has 0 aromatic rings. The highest BCUT2D eigenvalue weighted by atomic mass is 16.6. The lowest BCUT2D eigenvalue weighted by Gasteiger charge is -2.27. The van der Waals surface area contributed by atoms with Crippen LogP contribution in [0.15, 0.2) is 0 Å². The van der Waals surface area contributed by atoms with Crippen molar-refractivity contribution in [3.63, 3.8) is 0 Å². The van der Waals surface area contributed by atoms with Crippen LogP contribution in [0.4, 0.5) is 0 Å². The predicted molar refractivity (Wildman–Crippen MR) is 363 cm³/mol. The van der Waals surface area contributed by atoms with Gasteiger partial charge in [0.2, 0.25) is 0 Å². The van der Waals surface area contributed by atoms with E-state index in [4.69, 9.17) is 147 Å². The highest BCUT2D eigenvalue weighted by molar-refractivity contribution is 4.75. The van der Waals surface area contributed by atoms with Crippen LogP contribution < -0.4 is 0 Å². The SMILES string of the molecule is CCC(CO)(CO)COCCOCCOCCOCCOCCOCCOCCOCCOCCOCCOCCOCCOCCOCCOCCOCCOCCOCCOCCOCCOCCOCCOCCOCCOCCOCCOCCOCCOCCOCCOC. The monoisotopic (exact) mass is 1470 g/mol. The molecule has 0 radical (unpaired) electrons. The van der Waals surface area contributed by atoms with Crippen LogP contribution in [-0.4, -0.2) is 434 Å². The molecule has 0 saturated carbocycles. The summed E-state index contributed by atoms with van der Waals surface area (Å²) in [5.74, 6) is 0. The lowest BCUT2D eigenvalue weighted by Crippen LogP contribution is -2.34. The Morgan fingerprint density at radius 1 is 0.150 bits per heavy atom. The van der Waals surface area contributed by atoms with Gasteiger partial charge in [-0.3, -0.25) is 0 Å². The fourth-order valence-corrected chi connectivity index (χ4v) is 7.28. The Morgan fingerprint density at radius 3 is 0.320 bits per heavy atom. The number of aliphatic hydroxyl groups excluding tert-OH is 2. The summed E-state index contributed by atoms with van der Waals surface area (Å²) in [6.45, 7) is 31.1. The smallest absolute Gasteiger partial charge is 0.0701 e. The molecule has 2 N–H and O–H groups in total. The molecule has 33 heteroatoms. The molecule has 0 unspecified atom stereocenters. The van der Waals surface area contributed by atoms with Crippen molar-refractivity contribution >= 4 is 0 Å². The van der Waals surface area contributed by atoms with Crippen molar-refractivity contribution in [1.82, 2.24) is 0 Å². The molecule has 0 aliphatic carbocycles. The highest BCUT2D eigenvalue weighted by Gasteiger charge is 2.26. The van der Waals surface area contributed by atoms with Gasteiger partial charge in [0.1, 0.15) is 0 Å². The van der Waals surface area contributed by atoms with Crippen LogP contribution in [0.2, 0.25) is 0 Å². The Morgan fingerprint density at radius 2 is 0.240 bits per heavy atom. The minimum atomic E-state index is -0.594. The van der Waals surface area contributed by atoms with Gasteiger partial charge in [0.05, 0.1) is 416 Å². The van der Waals surface area contributed by atoms with Crippen molar-refractivity contribution in [2.24, 2.45) is 5.41 Å². The van der Waals surface area contributed by atoms with Gasteiger partial charge in [0, 0.05) is 12.5 Å². The van der Waals surface area contributed by atoms with Crippen molar-refractivity contribution in [1.29, 1.82) is 0 Å². The van der Waals surface area contributed by atoms with E-state index in [2.05, 4.69) is 0 Å². The summed E-state index contributed by atoms with van der Waals surface area (Å²) < 4.78 is 170. The molecule has 0 saturated heterocycles. The van der Waals surface area contributed by atoms with Crippen molar-refractivity contribution in [2.45, 2.75) is 13.3 Å². The van der Waals surface area contributed by atoms with Gasteiger partial charge in [0.15, 0.2) is 0 Å². The Balaban J connectivity index is 3.11. The van der Waals surface area contributed by atoms with Gasteiger partial charge >= 0.3 is 0 Å². The molecule has 0 amide bonds. The molecule has 0 heterocycles. The van der Waals surface area contributed by atoms with Crippen LogP contribution >= 0.6 is 0 Å². The van der Waals surface area contributed by atoms with Crippen LogP contribution in [0, 0.1) is 5.41 Å². The summed E-state index contributed by atoms with van der Waals surface area (Å²) >= 11 is 0. The Kier molecular flexibility index (Phi) is 90.7. The first-order valence-corrected chi connectivity index (χ1v) is 35.8. The van der Waals surface area contributed by atoms with Crippen LogP contribution in [-0.2, 0) is 147 Å². The van der Waals surface area contributed by atoms with Gasteiger partial charge in [-0.25, -0.2) is 0 Å².